The maximum atomic E-state index is 13.4. The van der Waals surface area contributed by atoms with Gasteiger partial charge in [-0.2, -0.15) is 0 Å². The number of esters is 1. The molecule has 0 aliphatic carbocycles. The van der Waals surface area contributed by atoms with Gasteiger partial charge < -0.3 is 19.5 Å². The van der Waals surface area contributed by atoms with Crippen LogP contribution in [0, 0.1) is 0 Å². The van der Waals surface area contributed by atoms with Crippen LogP contribution in [0.4, 0.5) is 0 Å². The Bertz CT molecular complexity index is 920. The van der Waals surface area contributed by atoms with Crippen molar-refractivity contribution < 1.29 is 24.2 Å². The molecule has 2 aromatic rings. The number of aliphatic hydroxyl groups excluding tert-OH is 1. The van der Waals surface area contributed by atoms with E-state index in [2.05, 4.69) is 0 Å². The topological polar surface area (TPSA) is 76.1 Å². The summed E-state index contributed by atoms with van der Waals surface area (Å²) in [6.07, 6.45) is -1.43. The Hall–Kier alpha value is -2.12. The van der Waals surface area contributed by atoms with Gasteiger partial charge in [0, 0.05) is 22.7 Å². The SMILES string of the molecule is COC(=O)C[C@@H]1O[C@H](c2cccc(Cl)c2)[C@@H](c2ccc(Cl)cc2)N([C@@H](C)CCO)C1=O. The summed E-state index contributed by atoms with van der Waals surface area (Å²) in [5, 5.41) is 10.6. The lowest BCUT2D eigenvalue weighted by Crippen LogP contribution is -2.54. The summed E-state index contributed by atoms with van der Waals surface area (Å²) in [7, 11) is 1.27. The highest BCUT2D eigenvalue weighted by Crippen LogP contribution is 2.44. The van der Waals surface area contributed by atoms with Gasteiger partial charge in [0.2, 0.25) is 0 Å². The predicted octanol–water partition coefficient (Wildman–Crippen LogP) is 4.34. The first-order valence-electron chi connectivity index (χ1n) is 10.0. The minimum absolute atomic E-state index is 0.0807. The number of nitrogens with zero attached hydrogens (tertiary/aromatic N) is 1. The minimum atomic E-state index is -1.01. The van der Waals surface area contributed by atoms with Crippen LogP contribution < -0.4 is 0 Å². The summed E-state index contributed by atoms with van der Waals surface area (Å²) in [6, 6.07) is 13.6. The molecule has 1 aliphatic heterocycles. The van der Waals surface area contributed by atoms with E-state index in [4.69, 9.17) is 32.7 Å². The predicted molar refractivity (Wildman–Crippen MR) is 118 cm³/mol. The number of carbonyl (C=O) groups is 2. The lowest BCUT2D eigenvalue weighted by Gasteiger charge is -2.47. The molecule has 1 fully saturated rings. The van der Waals surface area contributed by atoms with Crippen molar-refractivity contribution in [3.63, 3.8) is 0 Å². The summed E-state index contributed by atoms with van der Waals surface area (Å²) in [4.78, 5) is 27.1. The highest BCUT2D eigenvalue weighted by atomic mass is 35.5. The minimum Gasteiger partial charge on any atom is -0.469 e. The molecule has 166 valence electrons. The second-order valence-corrected chi connectivity index (χ2v) is 8.36. The van der Waals surface area contributed by atoms with Crippen molar-refractivity contribution in [2.24, 2.45) is 0 Å². The van der Waals surface area contributed by atoms with E-state index < -0.39 is 24.2 Å². The first-order valence-corrected chi connectivity index (χ1v) is 10.8. The summed E-state index contributed by atoms with van der Waals surface area (Å²) in [5.74, 6) is -0.868. The van der Waals surface area contributed by atoms with Gasteiger partial charge in [0.15, 0.2) is 0 Å². The molecular formula is C23H25Cl2NO5. The molecule has 2 aromatic carbocycles. The van der Waals surface area contributed by atoms with E-state index in [1.807, 2.05) is 31.2 Å². The maximum absolute atomic E-state index is 13.4. The quantitative estimate of drug-likeness (QED) is 0.615. The van der Waals surface area contributed by atoms with Crippen LogP contribution in [0.3, 0.4) is 0 Å². The smallest absolute Gasteiger partial charge is 0.308 e. The monoisotopic (exact) mass is 465 g/mol. The normalized spacial score (nSPS) is 22.3. The highest BCUT2D eigenvalue weighted by Gasteiger charge is 2.46. The molecule has 1 heterocycles. The number of ether oxygens (including phenoxy) is 2. The van der Waals surface area contributed by atoms with Gasteiger partial charge >= 0.3 is 5.97 Å². The Labute approximate surface area is 191 Å². The zero-order valence-electron chi connectivity index (χ0n) is 17.3. The van der Waals surface area contributed by atoms with E-state index >= 15 is 0 Å². The van der Waals surface area contributed by atoms with Gasteiger partial charge in [-0.25, -0.2) is 0 Å². The molecule has 0 radical (unpaired) electrons. The number of amides is 1. The highest BCUT2D eigenvalue weighted by molar-refractivity contribution is 6.30. The Kier molecular flexibility index (Phi) is 7.94. The standard InChI is InChI=1S/C23H25Cl2NO5/c1-14(10-11-27)26-21(15-6-8-17(24)9-7-15)22(16-4-3-5-18(25)12-16)31-19(23(26)29)13-20(28)30-2/h3-9,12,14,19,21-22,27H,10-11,13H2,1-2H3/t14-,19-,21+,22+/m0/s1. The summed E-state index contributed by atoms with van der Waals surface area (Å²) >= 11 is 12.3. The molecule has 0 spiro atoms. The fourth-order valence-corrected chi connectivity index (χ4v) is 4.21. The first-order chi connectivity index (χ1) is 14.8. The number of halogens is 2. The zero-order valence-corrected chi connectivity index (χ0v) is 18.8. The fourth-order valence-electron chi connectivity index (χ4n) is 3.89. The first kappa shape index (κ1) is 23.5. The number of rotatable bonds is 7. The van der Waals surface area contributed by atoms with E-state index in [0.29, 0.717) is 16.5 Å². The lowest BCUT2D eigenvalue weighted by molar-refractivity contribution is -0.183. The van der Waals surface area contributed by atoms with E-state index in [-0.39, 0.29) is 25.0 Å². The van der Waals surface area contributed by atoms with Gasteiger partial charge in [-0.1, -0.05) is 47.5 Å². The van der Waals surface area contributed by atoms with Gasteiger partial charge in [0.25, 0.3) is 5.91 Å². The van der Waals surface area contributed by atoms with Crippen molar-refractivity contribution in [3.05, 3.63) is 69.7 Å². The van der Waals surface area contributed by atoms with Crippen LogP contribution in [0.1, 0.15) is 43.0 Å². The lowest BCUT2D eigenvalue weighted by atomic mass is 9.89. The molecule has 0 saturated carbocycles. The van der Waals surface area contributed by atoms with E-state index in [0.717, 1.165) is 11.1 Å². The van der Waals surface area contributed by atoms with Crippen LogP contribution in [0.2, 0.25) is 10.0 Å². The maximum Gasteiger partial charge on any atom is 0.308 e. The van der Waals surface area contributed by atoms with Crippen LogP contribution in [0.25, 0.3) is 0 Å². The zero-order chi connectivity index (χ0) is 22.5. The van der Waals surface area contributed by atoms with Gasteiger partial charge in [-0.05, 0) is 48.7 Å². The van der Waals surface area contributed by atoms with Crippen molar-refractivity contribution in [1.82, 2.24) is 4.90 Å². The second kappa shape index (κ2) is 10.5. The van der Waals surface area contributed by atoms with Gasteiger partial charge in [-0.15, -0.1) is 0 Å². The summed E-state index contributed by atoms with van der Waals surface area (Å²) in [5.41, 5.74) is 1.60. The largest absolute Gasteiger partial charge is 0.469 e. The number of methoxy groups -OCH3 is 1. The fraction of sp³-hybridized carbons (Fsp3) is 0.391. The molecular weight excluding hydrogens is 441 g/mol. The summed E-state index contributed by atoms with van der Waals surface area (Å²) < 4.78 is 11.0. The number of hydrogen-bond donors (Lipinski definition) is 1. The molecule has 3 rings (SSSR count). The molecule has 1 saturated heterocycles. The molecule has 1 amide bonds. The van der Waals surface area contributed by atoms with Crippen LogP contribution in [-0.2, 0) is 19.1 Å². The van der Waals surface area contributed by atoms with Gasteiger partial charge in [-0.3, -0.25) is 9.59 Å². The summed E-state index contributed by atoms with van der Waals surface area (Å²) in [6.45, 7) is 1.79. The van der Waals surface area contributed by atoms with E-state index in [1.54, 1.807) is 29.2 Å². The molecule has 4 atom stereocenters. The number of morpholine rings is 1. The number of aliphatic hydroxyl groups is 1. The average Bonchev–Trinajstić information content (AvgIpc) is 2.75. The molecule has 6 nitrogen and oxygen atoms in total. The van der Waals surface area contributed by atoms with Crippen LogP contribution in [0.15, 0.2) is 48.5 Å². The third-order valence-corrected chi connectivity index (χ3v) is 5.90. The number of benzene rings is 2. The number of carbonyl (C=O) groups excluding carboxylic acids is 2. The molecule has 0 aromatic heterocycles. The van der Waals surface area contributed by atoms with E-state index in [9.17, 15) is 14.7 Å². The van der Waals surface area contributed by atoms with E-state index in [1.165, 1.54) is 7.11 Å². The van der Waals surface area contributed by atoms with Crippen LogP contribution >= 0.6 is 23.2 Å². The molecule has 31 heavy (non-hydrogen) atoms. The van der Waals surface area contributed by atoms with Crippen molar-refractivity contribution in [2.75, 3.05) is 13.7 Å². The van der Waals surface area contributed by atoms with Crippen molar-refractivity contribution in [1.29, 1.82) is 0 Å². The third kappa shape index (κ3) is 5.39. The van der Waals surface area contributed by atoms with Crippen molar-refractivity contribution in [3.8, 4) is 0 Å². The Morgan fingerprint density at radius 1 is 1.16 bits per heavy atom. The van der Waals surface area contributed by atoms with Crippen LogP contribution in [0.5, 0.6) is 0 Å². The Morgan fingerprint density at radius 3 is 2.48 bits per heavy atom. The molecule has 0 bridgehead atoms. The van der Waals surface area contributed by atoms with Crippen molar-refractivity contribution >= 4 is 35.1 Å². The molecule has 0 unspecified atom stereocenters. The average molecular weight is 466 g/mol. The molecule has 1 N–H and O–H groups in total. The van der Waals surface area contributed by atoms with Gasteiger partial charge in [0.1, 0.15) is 12.2 Å². The Morgan fingerprint density at radius 2 is 1.87 bits per heavy atom. The van der Waals surface area contributed by atoms with Gasteiger partial charge in [0.05, 0.1) is 19.6 Å². The molecule has 8 heteroatoms. The Balaban J connectivity index is 2.12. The number of hydrogen-bond acceptors (Lipinski definition) is 5. The second-order valence-electron chi connectivity index (χ2n) is 7.48. The molecule has 1 aliphatic rings. The van der Waals surface area contributed by atoms with Crippen LogP contribution in [-0.4, -0.2) is 47.7 Å². The third-order valence-electron chi connectivity index (χ3n) is 5.42. The van der Waals surface area contributed by atoms with Crippen molar-refractivity contribution in [2.45, 2.75) is 44.1 Å².